The van der Waals surface area contributed by atoms with Crippen LogP contribution in [0.2, 0.25) is 0 Å². The number of carbonyl (C=O) groups is 2. The van der Waals surface area contributed by atoms with Gasteiger partial charge in [0.2, 0.25) is 5.91 Å². The summed E-state index contributed by atoms with van der Waals surface area (Å²) < 4.78 is 14.0. The van der Waals surface area contributed by atoms with Crippen LogP contribution in [0.15, 0.2) is 30.6 Å². The molecule has 0 unspecified atom stereocenters. The van der Waals surface area contributed by atoms with Crippen molar-refractivity contribution in [2.24, 2.45) is 7.05 Å². The molecule has 2 aromatic rings. The number of carbonyl (C=O) groups excluding carboxylic acids is 2. The maximum atomic E-state index is 13.3. The number of hydrogen-bond acceptors (Lipinski definition) is 7. The largest absolute Gasteiger partial charge is 0.493 e. The van der Waals surface area contributed by atoms with E-state index in [-0.39, 0.29) is 36.5 Å². The Morgan fingerprint density at radius 2 is 2.06 bits per heavy atom. The highest BCUT2D eigenvalue weighted by atomic mass is 16.5. The number of rotatable bonds is 2. The number of aliphatic hydroxyl groups is 1. The molecule has 2 fully saturated rings. The van der Waals surface area contributed by atoms with Gasteiger partial charge >= 0.3 is 0 Å². The van der Waals surface area contributed by atoms with Gasteiger partial charge in [0.25, 0.3) is 5.91 Å². The topological polar surface area (TPSA) is 118 Å². The van der Waals surface area contributed by atoms with Crippen molar-refractivity contribution in [3.8, 4) is 16.9 Å². The van der Waals surface area contributed by atoms with Gasteiger partial charge in [-0.15, -0.1) is 0 Å². The minimum Gasteiger partial charge on any atom is -0.493 e. The Hall–Kier alpha value is -2.95. The van der Waals surface area contributed by atoms with Gasteiger partial charge in [0.15, 0.2) is 0 Å². The molecule has 10 heteroatoms. The monoisotopic (exact) mass is 497 g/mol. The lowest BCUT2D eigenvalue weighted by Crippen LogP contribution is -2.50. The first-order chi connectivity index (χ1) is 17.4. The molecule has 1 aromatic carbocycles. The number of nitrogens with zero attached hydrogens (tertiary/aromatic N) is 3. The summed E-state index contributed by atoms with van der Waals surface area (Å²) in [5.74, 6) is 0.200. The van der Waals surface area contributed by atoms with Gasteiger partial charge in [-0.1, -0.05) is 13.0 Å². The van der Waals surface area contributed by atoms with E-state index in [1.165, 1.54) is 0 Å². The van der Waals surface area contributed by atoms with Gasteiger partial charge in [-0.25, -0.2) is 0 Å². The summed E-state index contributed by atoms with van der Waals surface area (Å²) in [6.07, 6.45) is 5.01. The van der Waals surface area contributed by atoms with Crippen molar-refractivity contribution in [3.05, 3.63) is 36.2 Å². The molecule has 3 aliphatic rings. The molecule has 2 amide bonds. The maximum absolute atomic E-state index is 13.3. The van der Waals surface area contributed by atoms with Gasteiger partial charge < -0.3 is 25.2 Å². The predicted molar refractivity (Wildman–Crippen MR) is 133 cm³/mol. The van der Waals surface area contributed by atoms with Crippen LogP contribution in [0.3, 0.4) is 0 Å². The normalized spacial score (nSPS) is 29.7. The number of ether oxygens (including phenoxy) is 2. The minimum absolute atomic E-state index is 0.0926. The number of aromatic nitrogens is 2. The molecule has 3 N–H and O–H groups in total. The van der Waals surface area contributed by atoms with Crippen LogP contribution in [0.5, 0.6) is 5.75 Å². The van der Waals surface area contributed by atoms with Gasteiger partial charge in [0.1, 0.15) is 11.9 Å². The third-order valence-electron chi connectivity index (χ3n) is 7.47. The van der Waals surface area contributed by atoms with Crippen molar-refractivity contribution in [1.29, 1.82) is 0 Å². The zero-order chi connectivity index (χ0) is 25.2. The fourth-order valence-electron chi connectivity index (χ4n) is 5.44. The van der Waals surface area contributed by atoms with Crippen molar-refractivity contribution in [2.75, 3.05) is 26.2 Å². The Bertz CT molecular complexity index is 1100. The molecule has 194 valence electrons. The van der Waals surface area contributed by atoms with Gasteiger partial charge in [0, 0.05) is 44.4 Å². The summed E-state index contributed by atoms with van der Waals surface area (Å²) >= 11 is 0. The van der Waals surface area contributed by atoms with Crippen LogP contribution >= 0.6 is 0 Å². The number of aliphatic hydroxyl groups excluding tert-OH is 1. The molecule has 10 nitrogen and oxygen atoms in total. The Morgan fingerprint density at radius 3 is 2.83 bits per heavy atom. The number of aryl methyl sites for hydroxylation is 1. The lowest BCUT2D eigenvalue weighted by Gasteiger charge is -2.34. The quantitative estimate of drug-likeness (QED) is 0.568. The van der Waals surface area contributed by atoms with Crippen molar-refractivity contribution in [1.82, 2.24) is 25.3 Å². The van der Waals surface area contributed by atoms with Crippen LogP contribution in [0, 0.1) is 0 Å². The molecule has 2 saturated heterocycles. The molecular formula is C26H35N5O5. The highest BCUT2D eigenvalue weighted by Gasteiger charge is 2.38. The molecule has 0 spiro atoms. The predicted octanol–water partition coefficient (Wildman–Crippen LogP) is 1.09. The van der Waals surface area contributed by atoms with Crippen LogP contribution in [-0.4, -0.2) is 88.2 Å². The van der Waals surface area contributed by atoms with Crippen LogP contribution in [-0.2, 0) is 16.6 Å². The molecular weight excluding hydrogens is 462 g/mol. The first-order valence-corrected chi connectivity index (χ1v) is 12.8. The Balaban J connectivity index is 1.43. The van der Waals surface area contributed by atoms with Gasteiger partial charge in [-0.05, 0) is 43.5 Å². The van der Waals surface area contributed by atoms with Crippen LogP contribution in [0.4, 0.5) is 0 Å². The molecule has 4 heterocycles. The van der Waals surface area contributed by atoms with E-state index in [9.17, 15) is 14.7 Å². The van der Waals surface area contributed by atoms with E-state index < -0.39 is 12.2 Å². The van der Waals surface area contributed by atoms with Crippen molar-refractivity contribution in [2.45, 2.75) is 63.0 Å². The number of fused-ring (bicyclic) bond motifs is 5. The molecule has 0 aliphatic carbocycles. The van der Waals surface area contributed by atoms with E-state index in [4.69, 9.17) is 9.47 Å². The summed E-state index contributed by atoms with van der Waals surface area (Å²) in [6.45, 7) is 3.93. The lowest BCUT2D eigenvalue weighted by molar-refractivity contribution is -0.133. The smallest absolute Gasteiger partial charge is 0.255 e. The summed E-state index contributed by atoms with van der Waals surface area (Å²) in [5, 5.41) is 20.8. The van der Waals surface area contributed by atoms with E-state index in [0.29, 0.717) is 56.7 Å². The molecule has 0 radical (unpaired) electrons. The second-order valence-electron chi connectivity index (χ2n) is 9.95. The summed E-state index contributed by atoms with van der Waals surface area (Å²) in [7, 11) is 1.86. The molecule has 0 saturated carbocycles. The highest BCUT2D eigenvalue weighted by molar-refractivity contribution is 5.98. The fraction of sp³-hybridized carbons (Fsp3) is 0.577. The number of benzene rings is 1. The van der Waals surface area contributed by atoms with E-state index in [1.807, 2.05) is 32.3 Å². The second kappa shape index (κ2) is 10.6. The number of likely N-dealkylation sites (tertiary alicyclic amines) is 1. The van der Waals surface area contributed by atoms with Crippen molar-refractivity contribution < 1.29 is 24.2 Å². The summed E-state index contributed by atoms with van der Waals surface area (Å²) in [4.78, 5) is 28.4. The number of likely N-dealkylation sites (N-methyl/N-ethyl adjacent to an activating group) is 1. The van der Waals surface area contributed by atoms with E-state index >= 15 is 0 Å². The second-order valence-corrected chi connectivity index (χ2v) is 9.95. The van der Waals surface area contributed by atoms with Crippen LogP contribution < -0.4 is 15.4 Å². The zero-order valence-corrected chi connectivity index (χ0v) is 20.9. The SMILES string of the molecule is CCN1C[C@@H]2C[C@H]1C(=O)NC[C@H]1O[C@H](CCOc3cc(-c4cnn(C)c4)ccc3C(=O)N2)CC[C@@H]1O. The Morgan fingerprint density at radius 1 is 1.19 bits per heavy atom. The highest BCUT2D eigenvalue weighted by Crippen LogP contribution is 2.29. The first kappa shape index (κ1) is 24.7. The standard InChI is InChI=1S/C26H35N5O5/c1-3-31-15-18-11-21(31)26(34)27-13-24-22(32)7-5-19(36-24)8-9-35-23-10-16(17-12-28-30(2)14-17)4-6-20(23)25(33)29-18/h4,6,10,12,14,18-19,21-22,24,32H,3,5,7-9,11,13,15H2,1-2H3,(H,27,34)(H,29,33)/t18-,19-,21-,22-,24+/m0/s1. The van der Waals surface area contributed by atoms with Gasteiger partial charge in [-0.3, -0.25) is 19.2 Å². The van der Waals surface area contributed by atoms with Crippen molar-refractivity contribution >= 4 is 11.8 Å². The minimum atomic E-state index is -0.609. The average Bonchev–Trinajstić information content (AvgIpc) is 3.49. The molecule has 3 aliphatic heterocycles. The molecule has 5 rings (SSSR count). The maximum Gasteiger partial charge on any atom is 0.255 e. The molecule has 5 atom stereocenters. The van der Waals surface area contributed by atoms with E-state index in [2.05, 4.69) is 20.6 Å². The lowest BCUT2D eigenvalue weighted by atomic mass is 9.99. The summed E-state index contributed by atoms with van der Waals surface area (Å²) in [5.41, 5.74) is 2.31. The van der Waals surface area contributed by atoms with Crippen LogP contribution in [0.25, 0.3) is 11.1 Å². The van der Waals surface area contributed by atoms with E-state index in [0.717, 1.165) is 11.1 Å². The molecule has 1 aromatic heterocycles. The number of amides is 2. The third kappa shape index (κ3) is 5.25. The van der Waals surface area contributed by atoms with Crippen molar-refractivity contribution in [3.63, 3.8) is 0 Å². The fourth-order valence-corrected chi connectivity index (χ4v) is 5.44. The molecule has 4 bridgehead atoms. The van der Waals surface area contributed by atoms with Crippen LogP contribution in [0.1, 0.15) is 43.0 Å². The Kier molecular flexibility index (Phi) is 7.27. The number of hydrogen-bond donors (Lipinski definition) is 3. The molecule has 36 heavy (non-hydrogen) atoms. The van der Waals surface area contributed by atoms with E-state index in [1.54, 1.807) is 16.9 Å². The average molecular weight is 498 g/mol. The zero-order valence-electron chi connectivity index (χ0n) is 20.9. The third-order valence-corrected chi connectivity index (χ3v) is 7.47. The Labute approximate surface area is 210 Å². The summed E-state index contributed by atoms with van der Waals surface area (Å²) in [6, 6.07) is 5.07. The van der Waals surface area contributed by atoms with Gasteiger partial charge in [0.05, 0.1) is 36.6 Å². The number of nitrogens with one attached hydrogen (secondary N) is 2. The first-order valence-electron chi connectivity index (χ1n) is 12.8. The van der Waals surface area contributed by atoms with Gasteiger partial charge in [-0.2, -0.15) is 5.10 Å².